The Bertz CT molecular complexity index is 1310. The van der Waals surface area contributed by atoms with Crippen molar-refractivity contribution in [2.45, 2.75) is 44.9 Å². The molecule has 0 heterocycles. The molecule has 0 aliphatic heterocycles. The minimum atomic E-state index is 0.209. The van der Waals surface area contributed by atoms with Crippen LogP contribution in [0.2, 0.25) is 0 Å². The van der Waals surface area contributed by atoms with E-state index >= 15 is 0 Å². The second-order valence-electron chi connectivity index (χ2n) is 6.92. The van der Waals surface area contributed by atoms with Crippen molar-refractivity contribution in [1.82, 2.24) is 0 Å². The molecule has 1 aromatic carbocycles. The van der Waals surface area contributed by atoms with E-state index in [1.807, 2.05) is 0 Å². The quantitative estimate of drug-likeness (QED) is 0.406. The molecule has 31 heavy (non-hydrogen) atoms. The molecule has 0 saturated carbocycles. The predicted molar refractivity (Wildman–Crippen MR) is 184 cm³/mol. The summed E-state index contributed by atoms with van der Waals surface area (Å²) in [6, 6.07) is 4.11. The van der Waals surface area contributed by atoms with Gasteiger partial charge in [-0.25, -0.2) is 0 Å². The third-order valence-corrected chi connectivity index (χ3v) is 32.8. The van der Waals surface area contributed by atoms with Crippen molar-refractivity contribution in [3.63, 3.8) is 0 Å². The van der Waals surface area contributed by atoms with Crippen molar-refractivity contribution in [3.05, 3.63) is 23.3 Å². The van der Waals surface area contributed by atoms with Gasteiger partial charge < -0.3 is 11.5 Å². The first-order valence-corrected chi connectivity index (χ1v) is 27.9. The highest BCUT2D eigenvalue weighted by molar-refractivity contribution is 8.77. The molecule has 0 saturated heterocycles. The molecule has 178 valence electrons. The summed E-state index contributed by atoms with van der Waals surface area (Å²) in [7, 11) is 23.5. The summed E-state index contributed by atoms with van der Waals surface area (Å²) in [6.07, 6.45) is 1.15. The molecule has 1 aromatic rings. The first-order valence-electron chi connectivity index (χ1n) is 7.94. The van der Waals surface area contributed by atoms with Gasteiger partial charge in [0, 0.05) is 147 Å². The SMILES string of the molecule is CC1(C)CC(C)(C)c2cc(N)c(N)cc21.S=S=S=S=S=S=S=S=S=S=S=S=S=S=S=S. The van der Waals surface area contributed by atoms with Crippen LogP contribution < -0.4 is 11.5 Å². The lowest BCUT2D eigenvalue weighted by atomic mass is 9.82. The lowest BCUT2D eigenvalue weighted by Crippen LogP contribution is -2.18. The second-order valence-corrected chi connectivity index (χ2v) is 31.7. The smallest absolute Gasteiger partial charge is 0.0550 e. The minimum Gasteiger partial charge on any atom is -0.397 e. The number of anilines is 2. The van der Waals surface area contributed by atoms with Gasteiger partial charge in [0.15, 0.2) is 0 Å². The monoisotopic (exact) mass is 716 g/mol. The Morgan fingerprint density at radius 1 is 0.581 bits per heavy atom. The normalized spacial score (nSPS) is 14.1. The van der Waals surface area contributed by atoms with Crippen LogP contribution >= 0.6 is 0 Å². The molecule has 0 spiro atoms. The molecule has 4 N–H and O–H groups in total. The van der Waals surface area contributed by atoms with E-state index in [9.17, 15) is 0 Å². The molecule has 1 aliphatic rings. The highest BCUT2D eigenvalue weighted by Crippen LogP contribution is 2.50. The Kier molecular flexibility index (Phi) is 17.1. The average Bonchev–Trinajstić information content (AvgIpc) is 2.87. The Labute approximate surface area is 234 Å². The van der Waals surface area contributed by atoms with Crippen molar-refractivity contribution in [3.8, 4) is 0 Å². The first-order chi connectivity index (χ1) is 14.7. The number of rotatable bonds is 0. The Hall–Kier alpha value is 2.34. The van der Waals surface area contributed by atoms with Gasteiger partial charge >= 0.3 is 0 Å². The lowest BCUT2D eigenvalue weighted by molar-refractivity contribution is 0.403. The molecule has 0 fully saturated rings. The summed E-state index contributed by atoms with van der Waals surface area (Å²) in [6.45, 7) is 9.10. The average molecular weight is 717 g/mol. The standard InChI is InChI=1S/C13H20N2.S16/c1-12(2)7-13(3,4)9-6-11(15)10(14)5-8(9)12;1-3-5-7-9-11-13-15-16-14-12-10-8-6-4-2/h5-6H,7,14-15H2,1-4H3;. The number of fused-ring (bicyclic) bond motifs is 1. The summed E-state index contributed by atoms with van der Waals surface area (Å²) >= 11 is 9.46. The summed E-state index contributed by atoms with van der Waals surface area (Å²) in [4.78, 5) is 0. The van der Waals surface area contributed by atoms with E-state index in [1.54, 1.807) is 107 Å². The van der Waals surface area contributed by atoms with E-state index in [0.29, 0.717) is 11.4 Å². The van der Waals surface area contributed by atoms with Crippen molar-refractivity contribution in [1.29, 1.82) is 0 Å². The van der Waals surface area contributed by atoms with E-state index < -0.39 is 0 Å². The summed E-state index contributed by atoms with van der Waals surface area (Å²) in [5.41, 5.74) is 16.3. The maximum atomic E-state index is 5.88. The van der Waals surface area contributed by atoms with Gasteiger partial charge in [-0.05, 0) is 40.5 Å². The number of nitrogen functional groups attached to an aromatic ring is 2. The number of hydrogen-bond donors (Lipinski definition) is 2. The summed E-state index contributed by atoms with van der Waals surface area (Å²) in [5.74, 6) is 0. The Morgan fingerprint density at radius 2 is 0.839 bits per heavy atom. The largest absolute Gasteiger partial charge is 0.397 e. The van der Waals surface area contributed by atoms with Gasteiger partial charge in [0.25, 0.3) is 0 Å². The zero-order chi connectivity index (χ0) is 23.3. The highest BCUT2D eigenvalue weighted by Gasteiger charge is 2.42. The van der Waals surface area contributed by atoms with E-state index in [0.717, 1.165) is 6.42 Å². The van der Waals surface area contributed by atoms with Crippen LogP contribution in [-0.4, -0.2) is 0 Å². The lowest BCUT2D eigenvalue weighted by Gasteiger charge is -2.22. The number of benzene rings is 1. The van der Waals surface area contributed by atoms with Crippen LogP contribution in [0.1, 0.15) is 45.2 Å². The van der Waals surface area contributed by atoms with E-state index in [2.05, 4.69) is 39.8 Å². The zero-order valence-corrected chi connectivity index (χ0v) is 29.6. The second kappa shape index (κ2) is 16.9. The molecule has 0 bridgehead atoms. The van der Waals surface area contributed by atoms with Gasteiger partial charge in [0.1, 0.15) is 0 Å². The highest BCUT2D eigenvalue weighted by atomic mass is 33.5. The maximum absolute atomic E-state index is 5.88. The van der Waals surface area contributed by atoms with Crippen LogP contribution in [0.5, 0.6) is 0 Å². The van der Waals surface area contributed by atoms with Gasteiger partial charge in [-0.15, -0.1) is 0 Å². The number of nitrogens with two attached hydrogens (primary N) is 2. The molecular formula is C13H20N2S16. The molecule has 0 atom stereocenters. The van der Waals surface area contributed by atoms with E-state index in [-0.39, 0.29) is 10.8 Å². The molecule has 2 nitrogen and oxygen atoms in total. The van der Waals surface area contributed by atoms with Gasteiger partial charge in [0.05, 0.1) is 11.4 Å². The van der Waals surface area contributed by atoms with Crippen molar-refractivity contribution in [2.24, 2.45) is 0 Å². The fourth-order valence-corrected chi connectivity index (χ4v) is 36.1. The van der Waals surface area contributed by atoms with Crippen LogP contribution in [0.15, 0.2) is 12.1 Å². The van der Waals surface area contributed by atoms with E-state index in [1.165, 1.54) is 28.9 Å². The third-order valence-electron chi connectivity index (χ3n) is 3.93. The van der Waals surface area contributed by atoms with Crippen molar-refractivity contribution in [2.75, 3.05) is 11.5 Å². The molecule has 1 aliphatic carbocycles. The molecule has 0 radical (unpaired) electrons. The zero-order valence-electron chi connectivity index (χ0n) is 16.5. The van der Waals surface area contributed by atoms with E-state index in [4.69, 9.17) is 33.8 Å². The van der Waals surface area contributed by atoms with Crippen LogP contribution in [0.4, 0.5) is 11.4 Å². The summed E-state index contributed by atoms with van der Waals surface area (Å²) in [5, 5.41) is 0. The number of hydrogen-bond acceptors (Lipinski definition) is 4. The van der Waals surface area contributed by atoms with Crippen LogP contribution in [0.25, 0.3) is 0 Å². The Morgan fingerprint density at radius 3 is 1.10 bits per heavy atom. The minimum absolute atomic E-state index is 0.209. The fourth-order valence-electron chi connectivity index (χ4n) is 3.18. The maximum Gasteiger partial charge on any atom is 0.0550 e. The molecule has 18 heteroatoms. The van der Waals surface area contributed by atoms with Crippen molar-refractivity contribution >= 4 is 158 Å². The van der Waals surface area contributed by atoms with Crippen molar-refractivity contribution < 1.29 is 0 Å². The van der Waals surface area contributed by atoms with Gasteiger partial charge in [-0.2, -0.15) is 0 Å². The molecule has 0 aromatic heterocycles. The predicted octanol–water partition coefficient (Wildman–Crippen LogP) is 2.77. The Balaban J connectivity index is 0.000000310. The molecular weight excluding hydrogens is 697 g/mol. The molecule has 0 amide bonds. The fraction of sp³-hybridized carbons (Fsp3) is 0.538. The van der Waals surface area contributed by atoms with Crippen LogP contribution in [0.3, 0.4) is 0 Å². The molecule has 0 unspecified atom stereocenters. The topological polar surface area (TPSA) is 52.0 Å². The van der Waals surface area contributed by atoms with Gasteiger partial charge in [0.2, 0.25) is 0 Å². The van der Waals surface area contributed by atoms with Gasteiger partial charge in [-0.1, -0.05) is 27.7 Å². The first kappa shape index (κ1) is 31.4. The van der Waals surface area contributed by atoms with Crippen LogP contribution in [0, 0.1) is 0 Å². The molecule has 2 rings (SSSR count). The van der Waals surface area contributed by atoms with Crippen LogP contribution in [-0.2, 0) is 158 Å². The third kappa shape index (κ3) is 12.2. The van der Waals surface area contributed by atoms with Gasteiger partial charge in [-0.3, -0.25) is 0 Å². The summed E-state index contributed by atoms with van der Waals surface area (Å²) < 4.78 is 0.